The second-order valence-electron chi connectivity index (χ2n) is 8.27. The quantitative estimate of drug-likeness (QED) is 0.407. The Morgan fingerprint density at radius 2 is 1.85 bits per heavy atom. The summed E-state index contributed by atoms with van der Waals surface area (Å²) < 4.78 is 23.1. The van der Waals surface area contributed by atoms with E-state index in [0.29, 0.717) is 41.6 Å². The van der Waals surface area contributed by atoms with Gasteiger partial charge in [0.2, 0.25) is 0 Å². The molecule has 0 radical (unpaired) electrons. The van der Waals surface area contributed by atoms with E-state index in [2.05, 4.69) is 6.07 Å². The predicted octanol–water partition coefficient (Wildman–Crippen LogP) is 5.49. The van der Waals surface area contributed by atoms with Gasteiger partial charge in [0.15, 0.2) is 17.8 Å². The van der Waals surface area contributed by atoms with Gasteiger partial charge in [-0.2, -0.15) is 0 Å². The predicted molar refractivity (Wildman–Crippen MR) is 131 cm³/mol. The zero-order valence-corrected chi connectivity index (χ0v) is 19.9. The van der Waals surface area contributed by atoms with E-state index in [4.69, 9.17) is 30.5 Å². The van der Waals surface area contributed by atoms with Crippen molar-refractivity contribution >= 4 is 17.9 Å². The van der Waals surface area contributed by atoms with Crippen LogP contribution in [-0.4, -0.2) is 37.8 Å². The molecule has 1 atom stereocenters. The Labute approximate surface area is 204 Å². The van der Waals surface area contributed by atoms with Crippen LogP contribution in [-0.2, 0) is 6.61 Å². The lowest BCUT2D eigenvalue weighted by Gasteiger charge is -2.20. The summed E-state index contributed by atoms with van der Waals surface area (Å²) in [5, 5.41) is 9.55. The van der Waals surface area contributed by atoms with Crippen molar-refractivity contribution in [3.8, 4) is 34.1 Å². The van der Waals surface area contributed by atoms with E-state index in [1.54, 1.807) is 6.07 Å². The molecule has 0 bridgehead atoms. The normalized spacial score (nSPS) is 13.3. The maximum Gasteiger partial charge on any atom is 0.161 e. The molecule has 0 fully saturated rings. The number of aliphatic hydroxyl groups is 1. The first kappa shape index (κ1) is 23.9. The molecule has 0 saturated heterocycles. The topological polar surface area (TPSA) is 74.2 Å². The summed E-state index contributed by atoms with van der Waals surface area (Å²) >= 11 is 6.37. The lowest BCUT2D eigenvalue weighted by molar-refractivity contribution is 0.111. The molecule has 0 saturated carbocycles. The fraction of sp³-hybridized carbons (Fsp3) is 0.296. The van der Waals surface area contributed by atoms with Crippen molar-refractivity contribution < 1.29 is 28.8 Å². The Morgan fingerprint density at radius 1 is 1.06 bits per heavy atom. The summed E-state index contributed by atoms with van der Waals surface area (Å²) in [6.07, 6.45) is 0.690. The monoisotopic (exact) mass is 482 g/mol. The number of carbonyl (C=O) groups excluding carboxylic acids is 1. The number of aliphatic hydroxyl groups excluding tert-OH is 1. The fourth-order valence-electron chi connectivity index (χ4n) is 3.68. The molecule has 1 aliphatic heterocycles. The van der Waals surface area contributed by atoms with E-state index >= 15 is 0 Å². The smallest absolute Gasteiger partial charge is 0.161 e. The summed E-state index contributed by atoms with van der Waals surface area (Å²) in [4.78, 5) is 11.4. The molecule has 7 heteroatoms. The first-order valence-corrected chi connectivity index (χ1v) is 11.5. The molecular formula is C27H27ClO6. The van der Waals surface area contributed by atoms with E-state index in [1.807, 2.05) is 44.2 Å². The Bertz CT molecular complexity index is 1180. The van der Waals surface area contributed by atoms with Crippen LogP contribution in [0.25, 0.3) is 11.1 Å². The molecule has 3 aromatic rings. The largest absolute Gasteiger partial charge is 0.492 e. The van der Waals surface area contributed by atoms with Crippen LogP contribution in [0.4, 0.5) is 0 Å². The van der Waals surface area contributed by atoms with Crippen LogP contribution >= 0.6 is 11.6 Å². The Balaban J connectivity index is 1.54. The molecule has 1 N–H and O–H groups in total. The lowest BCUT2D eigenvalue weighted by Crippen LogP contribution is -2.15. The Hall–Kier alpha value is -3.22. The minimum atomic E-state index is -0.0644. The van der Waals surface area contributed by atoms with Crippen LogP contribution in [0.5, 0.6) is 23.0 Å². The third-order valence-corrected chi connectivity index (χ3v) is 6.00. The number of rotatable bonds is 9. The van der Waals surface area contributed by atoms with Crippen molar-refractivity contribution in [2.24, 2.45) is 5.92 Å². The summed E-state index contributed by atoms with van der Waals surface area (Å²) in [6, 6.07) is 15.1. The number of fused-ring (bicyclic) bond motifs is 1. The average molecular weight is 483 g/mol. The van der Waals surface area contributed by atoms with Gasteiger partial charge >= 0.3 is 0 Å². The SMILES string of the molecule is Cc1c(COc2cc(OC[C@@H](C)CO)c(C=O)cc2Cl)cccc1-c1ccc2c(c1)OCCO2. The highest BCUT2D eigenvalue weighted by molar-refractivity contribution is 6.32. The summed E-state index contributed by atoms with van der Waals surface area (Å²) in [5.74, 6) is 2.23. The first-order valence-electron chi connectivity index (χ1n) is 11.1. The minimum Gasteiger partial charge on any atom is -0.492 e. The highest BCUT2D eigenvalue weighted by Crippen LogP contribution is 2.37. The molecule has 6 nitrogen and oxygen atoms in total. The van der Waals surface area contributed by atoms with Crippen molar-refractivity contribution in [3.63, 3.8) is 0 Å². The van der Waals surface area contributed by atoms with E-state index < -0.39 is 0 Å². The number of hydrogen-bond acceptors (Lipinski definition) is 6. The average Bonchev–Trinajstić information content (AvgIpc) is 2.87. The van der Waals surface area contributed by atoms with Crippen molar-refractivity contribution in [2.75, 3.05) is 26.4 Å². The van der Waals surface area contributed by atoms with E-state index in [9.17, 15) is 9.90 Å². The summed E-state index contributed by atoms with van der Waals surface area (Å²) in [7, 11) is 0. The van der Waals surface area contributed by atoms with Gasteiger partial charge in [0.05, 0.1) is 17.2 Å². The Morgan fingerprint density at radius 3 is 2.62 bits per heavy atom. The van der Waals surface area contributed by atoms with Gasteiger partial charge in [-0.15, -0.1) is 0 Å². The number of ether oxygens (including phenoxy) is 4. The number of aldehydes is 1. The van der Waals surface area contributed by atoms with Gasteiger partial charge in [-0.25, -0.2) is 0 Å². The third kappa shape index (κ3) is 5.29. The van der Waals surface area contributed by atoms with Crippen molar-refractivity contribution in [1.82, 2.24) is 0 Å². The van der Waals surface area contributed by atoms with Gasteiger partial charge in [0.25, 0.3) is 0 Å². The van der Waals surface area contributed by atoms with Gasteiger partial charge < -0.3 is 24.1 Å². The molecule has 178 valence electrons. The second kappa shape index (κ2) is 10.8. The van der Waals surface area contributed by atoms with E-state index in [0.717, 1.165) is 33.8 Å². The molecule has 0 aromatic heterocycles. The number of carbonyl (C=O) groups is 1. The molecule has 0 spiro atoms. The molecule has 4 rings (SSSR count). The fourth-order valence-corrected chi connectivity index (χ4v) is 3.91. The van der Waals surface area contributed by atoms with Crippen molar-refractivity contribution in [2.45, 2.75) is 20.5 Å². The number of hydrogen-bond donors (Lipinski definition) is 1. The minimum absolute atomic E-state index is 0.00758. The number of benzene rings is 3. The second-order valence-corrected chi connectivity index (χ2v) is 8.68. The molecule has 1 aliphatic rings. The zero-order valence-electron chi connectivity index (χ0n) is 19.2. The molecule has 0 amide bonds. The molecule has 0 unspecified atom stereocenters. The van der Waals surface area contributed by atoms with Crippen LogP contribution in [0.15, 0.2) is 48.5 Å². The summed E-state index contributed by atoms with van der Waals surface area (Å²) in [6.45, 7) is 5.55. The summed E-state index contributed by atoms with van der Waals surface area (Å²) in [5.41, 5.74) is 4.51. The first-order chi connectivity index (χ1) is 16.5. The lowest BCUT2D eigenvalue weighted by atomic mass is 9.96. The molecule has 0 aliphatic carbocycles. The number of halogens is 1. The van der Waals surface area contributed by atoms with Crippen LogP contribution in [0.3, 0.4) is 0 Å². The maximum atomic E-state index is 11.4. The highest BCUT2D eigenvalue weighted by Gasteiger charge is 2.16. The molecular weight excluding hydrogens is 456 g/mol. The van der Waals surface area contributed by atoms with E-state index in [-0.39, 0.29) is 25.7 Å². The Kier molecular flexibility index (Phi) is 7.60. The highest BCUT2D eigenvalue weighted by atomic mass is 35.5. The van der Waals surface area contributed by atoms with Crippen LogP contribution in [0.2, 0.25) is 5.02 Å². The van der Waals surface area contributed by atoms with Gasteiger partial charge in [0, 0.05) is 18.6 Å². The third-order valence-electron chi connectivity index (χ3n) is 5.71. The molecule has 1 heterocycles. The zero-order chi connectivity index (χ0) is 24.1. The van der Waals surface area contributed by atoms with Crippen molar-refractivity contribution in [3.05, 3.63) is 70.2 Å². The van der Waals surface area contributed by atoms with Gasteiger partial charge in [-0.3, -0.25) is 4.79 Å². The standard InChI is InChI=1S/C27H27ClO6/c1-17(13-29)15-33-25-12-26(23(28)10-21(25)14-30)34-16-20-4-3-5-22(18(20)2)19-6-7-24-27(11-19)32-9-8-31-24/h3-7,10-12,14,17,29H,8-9,13,15-16H2,1-2H3/t17-/m0/s1. The van der Waals surface area contributed by atoms with Gasteiger partial charge in [-0.1, -0.05) is 42.8 Å². The maximum absolute atomic E-state index is 11.4. The van der Waals surface area contributed by atoms with Crippen LogP contribution in [0, 0.1) is 12.8 Å². The van der Waals surface area contributed by atoms with Crippen molar-refractivity contribution in [1.29, 1.82) is 0 Å². The molecule has 3 aromatic carbocycles. The van der Waals surface area contributed by atoms with Crippen LogP contribution in [0.1, 0.15) is 28.4 Å². The van der Waals surface area contributed by atoms with Crippen LogP contribution < -0.4 is 18.9 Å². The van der Waals surface area contributed by atoms with Gasteiger partial charge in [0.1, 0.15) is 31.3 Å². The van der Waals surface area contributed by atoms with Gasteiger partial charge in [-0.05, 0) is 47.4 Å². The van der Waals surface area contributed by atoms with E-state index in [1.165, 1.54) is 6.07 Å². The molecule has 34 heavy (non-hydrogen) atoms.